The van der Waals surface area contributed by atoms with E-state index in [-0.39, 0.29) is 17.2 Å². The molecular weight excluding hydrogens is 448 g/mol. The van der Waals surface area contributed by atoms with Gasteiger partial charge in [-0.3, -0.25) is 9.10 Å². The molecule has 0 unspecified atom stereocenters. The summed E-state index contributed by atoms with van der Waals surface area (Å²) in [6, 6.07) is 19.7. The Balaban J connectivity index is 1.90. The minimum Gasteiger partial charge on any atom is -0.495 e. The van der Waals surface area contributed by atoms with Crippen molar-refractivity contribution in [2.24, 2.45) is 0 Å². The van der Waals surface area contributed by atoms with Gasteiger partial charge in [-0.05, 0) is 74.2 Å². The van der Waals surface area contributed by atoms with Crippen molar-refractivity contribution < 1.29 is 17.9 Å². The molecule has 180 valence electrons. The number of benzene rings is 3. The monoisotopic (exact) mass is 480 g/mol. The maximum atomic E-state index is 13.7. The predicted molar refractivity (Wildman–Crippen MR) is 137 cm³/mol. The Bertz CT molecular complexity index is 1220. The molecule has 0 aromatic heterocycles. The second kappa shape index (κ2) is 11.2. The molecule has 0 saturated heterocycles. The van der Waals surface area contributed by atoms with Gasteiger partial charge in [-0.1, -0.05) is 49.2 Å². The van der Waals surface area contributed by atoms with E-state index in [4.69, 9.17) is 4.74 Å². The summed E-state index contributed by atoms with van der Waals surface area (Å²) >= 11 is 0. The van der Waals surface area contributed by atoms with Gasteiger partial charge in [0.25, 0.3) is 10.0 Å². The summed E-state index contributed by atoms with van der Waals surface area (Å²) in [4.78, 5) is 13.0. The van der Waals surface area contributed by atoms with Gasteiger partial charge < -0.3 is 10.1 Å². The molecule has 0 aliphatic rings. The Morgan fingerprint density at radius 1 is 0.941 bits per heavy atom. The Morgan fingerprint density at radius 2 is 1.59 bits per heavy atom. The lowest BCUT2D eigenvalue weighted by molar-refractivity contribution is -0.114. The molecule has 0 atom stereocenters. The number of anilines is 2. The van der Waals surface area contributed by atoms with Crippen LogP contribution in [0.25, 0.3) is 0 Å². The van der Waals surface area contributed by atoms with Gasteiger partial charge in [0.05, 0.1) is 12.8 Å². The van der Waals surface area contributed by atoms with Gasteiger partial charge in [-0.2, -0.15) is 0 Å². The van der Waals surface area contributed by atoms with Crippen LogP contribution in [0.15, 0.2) is 71.6 Å². The van der Waals surface area contributed by atoms with E-state index in [0.717, 1.165) is 34.7 Å². The van der Waals surface area contributed by atoms with E-state index >= 15 is 0 Å². The van der Waals surface area contributed by atoms with E-state index in [0.29, 0.717) is 11.4 Å². The molecule has 1 N–H and O–H groups in total. The largest absolute Gasteiger partial charge is 0.495 e. The van der Waals surface area contributed by atoms with Crippen molar-refractivity contribution in [2.75, 3.05) is 23.3 Å². The van der Waals surface area contributed by atoms with E-state index in [1.54, 1.807) is 30.3 Å². The van der Waals surface area contributed by atoms with Crippen molar-refractivity contribution in [1.82, 2.24) is 0 Å². The number of carbonyl (C=O) groups excluding carboxylic acids is 1. The summed E-state index contributed by atoms with van der Waals surface area (Å²) in [5.41, 5.74) is 3.99. The number of aryl methyl sites for hydroxylation is 3. The number of sulfonamides is 1. The molecule has 0 heterocycles. The number of hydrogen-bond acceptors (Lipinski definition) is 4. The van der Waals surface area contributed by atoms with Gasteiger partial charge in [0.2, 0.25) is 5.91 Å². The number of nitrogens with one attached hydrogen (secondary N) is 1. The first-order valence-electron chi connectivity index (χ1n) is 11.4. The molecule has 0 fully saturated rings. The molecule has 0 saturated carbocycles. The van der Waals surface area contributed by atoms with Crippen LogP contribution >= 0.6 is 0 Å². The van der Waals surface area contributed by atoms with E-state index in [1.807, 2.05) is 50.2 Å². The summed E-state index contributed by atoms with van der Waals surface area (Å²) in [6.07, 6.45) is 3.22. The summed E-state index contributed by atoms with van der Waals surface area (Å²) < 4.78 is 33.9. The van der Waals surface area contributed by atoms with Gasteiger partial charge >= 0.3 is 0 Å². The van der Waals surface area contributed by atoms with Crippen molar-refractivity contribution in [1.29, 1.82) is 0 Å². The minimum atomic E-state index is -4.09. The van der Waals surface area contributed by atoms with Gasteiger partial charge in [-0.15, -0.1) is 0 Å². The van der Waals surface area contributed by atoms with Crippen LogP contribution in [0, 0.1) is 13.8 Å². The second-order valence-corrected chi connectivity index (χ2v) is 10.2. The van der Waals surface area contributed by atoms with Gasteiger partial charge in [-0.25, -0.2) is 8.42 Å². The van der Waals surface area contributed by atoms with E-state index in [9.17, 15) is 13.2 Å². The molecule has 34 heavy (non-hydrogen) atoms. The zero-order valence-electron chi connectivity index (χ0n) is 20.2. The Kier molecular flexibility index (Phi) is 8.34. The standard InChI is InChI=1S/C27H32N2O4S/c1-5-6-7-22-11-13-23(14-12-22)28-27(30)19-29(24-15-8-20(2)9-16-24)34(31,32)26-18-21(3)10-17-25(26)33-4/h8-18H,5-7,19H2,1-4H3,(H,28,30). The van der Waals surface area contributed by atoms with Crippen LogP contribution in [-0.2, 0) is 21.2 Å². The number of rotatable bonds is 10. The van der Waals surface area contributed by atoms with Crippen LogP contribution in [0.3, 0.4) is 0 Å². The van der Waals surface area contributed by atoms with Gasteiger partial charge in [0.1, 0.15) is 17.2 Å². The average molecular weight is 481 g/mol. The fraction of sp³-hybridized carbons (Fsp3) is 0.296. The van der Waals surface area contributed by atoms with Crippen LogP contribution in [0.5, 0.6) is 5.75 Å². The summed E-state index contributed by atoms with van der Waals surface area (Å²) in [5, 5.41) is 2.82. The lowest BCUT2D eigenvalue weighted by Crippen LogP contribution is -2.38. The molecule has 6 nitrogen and oxygen atoms in total. The molecule has 3 aromatic carbocycles. The highest BCUT2D eigenvalue weighted by Crippen LogP contribution is 2.31. The average Bonchev–Trinajstić information content (AvgIpc) is 2.82. The number of unbranched alkanes of at least 4 members (excludes halogenated alkanes) is 1. The fourth-order valence-electron chi connectivity index (χ4n) is 3.60. The van der Waals surface area contributed by atoms with Crippen molar-refractivity contribution in [2.45, 2.75) is 44.9 Å². The first-order valence-corrected chi connectivity index (χ1v) is 12.8. The minimum absolute atomic E-state index is 0.0173. The molecule has 0 bridgehead atoms. The highest BCUT2D eigenvalue weighted by molar-refractivity contribution is 7.93. The van der Waals surface area contributed by atoms with Crippen molar-refractivity contribution in [3.05, 3.63) is 83.4 Å². The van der Waals surface area contributed by atoms with Crippen LogP contribution in [0.1, 0.15) is 36.5 Å². The zero-order valence-corrected chi connectivity index (χ0v) is 21.0. The quantitative estimate of drug-likeness (QED) is 0.416. The van der Waals surface area contributed by atoms with Gasteiger partial charge in [0.15, 0.2) is 0 Å². The first kappa shape index (κ1) is 25.3. The lowest BCUT2D eigenvalue weighted by atomic mass is 10.1. The number of hydrogen-bond donors (Lipinski definition) is 1. The zero-order chi connectivity index (χ0) is 24.7. The number of amides is 1. The van der Waals surface area contributed by atoms with Gasteiger partial charge in [0, 0.05) is 5.69 Å². The summed E-state index contributed by atoms with van der Waals surface area (Å²) in [5.74, 6) is -0.206. The molecule has 0 spiro atoms. The Labute approximate surface area is 202 Å². The second-order valence-electron chi connectivity index (χ2n) is 8.35. The van der Waals surface area contributed by atoms with E-state index < -0.39 is 15.9 Å². The third-order valence-electron chi connectivity index (χ3n) is 5.55. The molecule has 3 aromatic rings. The van der Waals surface area contributed by atoms with E-state index in [2.05, 4.69) is 12.2 Å². The summed E-state index contributed by atoms with van der Waals surface area (Å²) in [7, 11) is -2.66. The molecule has 0 aliphatic heterocycles. The molecule has 1 amide bonds. The lowest BCUT2D eigenvalue weighted by Gasteiger charge is -2.25. The highest BCUT2D eigenvalue weighted by atomic mass is 32.2. The van der Waals surface area contributed by atoms with Crippen LogP contribution in [0.2, 0.25) is 0 Å². The van der Waals surface area contributed by atoms with Crippen molar-refractivity contribution in [3.8, 4) is 5.75 Å². The maximum Gasteiger partial charge on any atom is 0.268 e. The number of methoxy groups -OCH3 is 1. The fourth-order valence-corrected chi connectivity index (χ4v) is 5.26. The van der Waals surface area contributed by atoms with Crippen LogP contribution < -0.4 is 14.4 Å². The number of carbonyl (C=O) groups is 1. The van der Waals surface area contributed by atoms with Crippen molar-refractivity contribution in [3.63, 3.8) is 0 Å². The SMILES string of the molecule is CCCCc1ccc(NC(=O)CN(c2ccc(C)cc2)S(=O)(=O)c2cc(C)ccc2OC)cc1. The normalized spacial score (nSPS) is 11.2. The molecule has 0 aliphatic carbocycles. The Morgan fingerprint density at radius 3 is 2.21 bits per heavy atom. The summed E-state index contributed by atoms with van der Waals surface area (Å²) in [6.45, 7) is 5.50. The number of nitrogens with zero attached hydrogens (tertiary/aromatic N) is 1. The third-order valence-corrected chi connectivity index (χ3v) is 7.35. The highest BCUT2D eigenvalue weighted by Gasteiger charge is 2.30. The topological polar surface area (TPSA) is 75.7 Å². The van der Waals surface area contributed by atoms with Crippen LogP contribution in [-0.4, -0.2) is 28.0 Å². The first-order chi connectivity index (χ1) is 16.2. The molecule has 7 heteroatoms. The van der Waals surface area contributed by atoms with Crippen molar-refractivity contribution >= 4 is 27.3 Å². The third kappa shape index (κ3) is 6.17. The molecular formula is C27H32N2O4S. The van der Waals surface area contributed by atoms with E-state index in [1.165, 1.54) is 12.7 Å². The molecule has 3 rings (SSSR count). The smallest absolute Gasteiger partial charge is 0.268 e. The maximum absolute atomic E-state index is 13.7. The van der Waals surface area contributed by atoms with Crippen LogP contribution in [0.4, 0.5) is 11.4 Å². The predicted octanol–water partition coefficient (Wildman–Crippen LogP) is 5.49. The number of ether oxygens (including phenoxy) is 1. The molecule has 0 radical (unpaired) electrons. The Hall–Kier alpha value is -3.32.